The summed E-state index contributed by atoms with van der Waals surface area (Å²) in [6.07, 6.45) is 2.82. The molecule has 1 atom stereocenters. The minimum Gasteiger partial charge on any atom is -0.463 e. The maximum Gasteiger partial charge on any atom is 0.313 e. The Morgan fingerprint density at radius 1 is 1.47 bits per heavy atom. The number of esters is 1. The first-order valence-electron chi connectivity index (χ1n) is 5.62. The van der Waals surface area contributed by atoms with Crippen LogP contribution in [0.25, 0.3) is 0 Å². The van der Waals surface area contributed by atoms with E-state index in [1.807, 2.05) is 0 Å². The molecule has 0 aromatic carbocycles. The molecule has 1 rings (SSSR count). The molecule has 15 heavy (non-hydrogen) atoms. The molecular weight excluding hydrogens is 194 g/mol. The molecule has 1 heterocycles. The topological polar surface area (TPSA) is 47.6 Å². The molecular formula is C11H21NO3. The molecule has 88 valence electrons. The number of hydrogen-bond acceptors (Lipinski definition) is 4. The van der Waals surface area contributed by atoms with Gasteiger partial charge in [0.25, 0.3) is 0 Å². The number of carbonyl (C=O) groups is 1. The van der Waals surface area contributed by atoms with Gasteiger partial charge in [0.05, 0.1) is 12.0 Å². The second-order valence-electron chi connectivity index (χ2n) is 4.09. The zero-order valence-electron chi connectivity index (χ0n) is 9.67. The van der Waals surface area contributed by atoms with Crippen LogP contribution in [0.15, 0.2) is 0 Å². The summed E-state index contributed by atoms with van der Waals surface area (Å²) in [6.45, 7) is 4.61. The van der Waals surface area contributed by atoms with Crippen LogP contribution < -0.4 is 5.32 Å². The molecule has 0 radical (unpaired) electrons. The van der Waals surface area contributed by atoms with Gasteiger partial charge >= 0.3 is 5.97 Å². The molecule has 0 spiro atoms. The lowest BCUT2D eigenvalue weighted by molar-refractivity contribution is -0.156. The first kappa shape index (κ1) is 12.5. The molecule has 1 unspecified atom stereocenters. The van der Waals surface area contributed by atoms with Gasteiger partial charge in [-0.1, -0.05) is 13.3 Å². The van der Waals surface area contributed by atoms with Crippen molar-refractivity contribution in [2.24, 2.45) is 5.41 Å². The monoisotopic (exact) mass is 215 g/mol. The minimum absolute atomic E-state index is 0.0635. The van der Waals surface area contributed by atoms with E-state index in [0.717, 1.165) is 32.4 Å². The Morgan fingerprint density at radius 3 is 2.80 bits per heavy atom. The van der Waals surface area contributed by atoms with E-state index in [1.165, 1.54) is 0 Å². The Hall–Kier alpha value is -0.610. The number of nitrogens with one attached hydrogen (secondary N) is 1. The Kier molecular flexibility index (Phi) is 5.05. The number of hydrogen-bond donors (Lipinski definition) is 1. The van der Waals surface area contributed by atoms with Crippen LogP contribution in [0, 0.1) is 5.41 Å². The highest BCUT2D eigenvalue weighted by molar-refractivity contribution is 5.77. The van der Waals surface area contributed by atoms with Crippen molar-refractivity contribution in [1.82, 2.24) is 5.32 Å². The van der Waals surface area contributed by atoms with Crippen LogP contribution in [0.5, 0.6) is 0 Å². The Balaban J connectivity index is 2.44. The normalized spacial score (nSPS) is 25.5. The van der Waals surface area contributed by atoms with Crippen molar-refractivity contribution in [3.63, 3.8) is 0 Å². The maximum atomic E-state index is 11.9. The molecule has 0 aromatic heterocycles. The van der Waals surface area contributed by atoms with Crippen LogP contribution in [0.1, 0.15) is 26.2 Å². The van der Waals surface area contributed by atoms with Crippen LogP contribution in [-0.2, 0) is 14.3 Å². The van der Waals surface area contributed by atoms with E-state index in [9.17, 15) is 4.79 Å². The summed E-state index contributed by atoms with van der Waals surface area (Å²) in [5, 5.41) is 3.24. The zero-order chi connectivity index (χ0) is 11.1. The summed E-state index contributed by atoms with van der Waals surface area (Å²) in [5.41, 5.74) is -0.275. The SMILES string of the molecule is CCCC1(C(=O)OCCOC)CCNC1. The third kappa shape index (κ3) is 3.18. The number of methoxy groups -OCH3 is 1. The van der Waals surface area contributed by atoms with Crippen LogP contribution in [0.4, 0.5) is 0 Å². The van der Waals surface area contributed by atoms with Gasteiger partial charge in [0.2, 0.25) is 0 Å². The lowest BCUT2D eigenvalue weighted by Gasteiger charge is -2.25. The highest BCUT2D eigenvalue weighted by Gasteiger charge is 2.41. The second-order valence-corrected chi connectivity index (χ2v) is 4.09. The van der Waals surface area contributed by atoms with Crippen molar-refractivity contribution in [2.75, 3.05) is 33.4 Å². The zero-order valence-corrected chi connectivity index (χ0v) is 9.67. The summed E-state index contributed by atoms with van der Waals surface area (Å²) < 4.78 is 10.1. The second kappa shape index (κ2) is 6.08. The van der Waals surface area contributed by atoms with E-state index in [1.54, 1.807) is 7.11 Å². The van der Waals surface area contributed by atoms with E-state index in [0.29, 0.717) is 13.2 Å². The van der Waals surface area contributed by atoms with Gasteiger partial charge in [-0.15, -0.1) is 0 Å². The number of rotatable bonds is 6. The van der Waals surface area contributed by atoms with Crippen molar-refractivity contribution < 1.29 is 14.3 Å². The van der Waals surface area contributed by atoms with Crippen molar-refractivity contribution in [3.8, 4) is 0 Å². The van der Waals surface area contributed by atoms with E-state index < -0.39 is 0 Å². The van der Waals surface area contributed by atoms with Gasteiger partial charge in [0, 0.05) is 13.7 Å². The van der Waals surface area contributed by atoms with Crippen LogP contribution in [0.3, 0.4) is 0 Å². The lowest BCUT2D eigenvalue weighted by Crippen LogP contribution is -2.35. The quantitative estimate of drug-likeness (QED) is 0.529. The predicted molar refractivity (Wildman–Crippen MR) is 57.7 cm³/mol. The smallest absolute Gasteiger partial charge is 0.313 e. The summed E-state index contributed by atoms with van der Waals surface area (Å²) in [5.74, 6) is -0.0635. The van der Waals surface area contributed by atoms with Gasteiger partial charge in [0.1, 0.15) is 6.61 Å². The van der Waals surface area contributed by atoms with Crippen molar-refractivity contribution in [1.29, 1.82) is 0 Å². The number of ether oxygens (including phenoxy) is 2. The third-order valence-corrected chi connectivity index (χ3v) is 2.93. The molecule has 4 nitrogen and oxygen atoms in total. The first-order chi connectivity index (χ1) is 7.25. The average Bonchev–Trinajstić information content (AvgIpc) is 2.68. The molecule has 0 aromatic rings. The molecule has 1 saturated heterocycles. The molecule has 1 aliphatic rings. The highest BCUT2D eigenvalue weighted by atomic mass is 16.6. The molecule has 0 bridgehead atoms. The largest absolute Gasteiger partial charge is 0.463 e. The van der Waals surface area contributed by atoms with Gasteiger partial charge in [-0.2, -0.15) is 0 Å². The highest BCUT2D eigenvalue weighted by Crippen LogP contribution is 2.32. The Bertz CT molecular complexity index is 200. The fraction of sp³-hybridized carbons (Fsp3) is 0.909. The molecule has 0 saturated carbocycles. The lowest BCUT2D eigenvalue weighted by atomic mass is 9.83. The van der Waals surface area contributed by atoms with Gasteiger partial charge < -0.3 is 14.8 Å². The standard InChI is InChI=1S/C11H21NO3/c1-3-4-11(5-6-12-9-11)10(13)15-8-7-14-2/h12H,3-9H2,1-2H3. The molecule has 1 aliphatic heterocycles. The van der Waals surface area contributed by atoms with Gasteiger partial charge in [0.15, 0.2) is 0 Å². The Morgan fingerprint density at radius 2 is 2.27 bits per heavy atom. The average molecular weight is 215 g/mol. The molecule has 1 N–H and O–H groups in total. The summed E-state index contributed by atoms with van der Waals surface area (Å²) in [4.78, 5) is 11.9. The van der Waals surface area contributed by atoms with E-state index in [-0.39, 0.29) is 11.4 Å². The fourth-order valence-electron chi connectivity index (χ4n) is 2.08. The first-order valence-corrected chi connectivity index (χ1v) is 5.62. The third-order valence-electron chi connectivity index (χ3n) is 2.93. The van der Waals surface area contributed by atoms with Crippen LogP contribution in [-0.4, -0.2) is 39.4 Å². The molecule has 0 amide bonds. The van der Waals surface area contributed by atoms with E-state index in [4.69, 9.17) is 9.47 Å². The van der Waals surface area contributed by atoms with Crippen molar-refractivity contribution in [3.05, 3.63) is 0 Å². The van der Waals surface area contributed by atoms with Crippen molar-refractivity contribution in [2.45, 2.75) is 26.2 Å². The molecule has 1 fully saturated rings. The summed E-state index contributed by atoms with van der Waals surface area (Å²) in [7, 11) is 1.60. The summed E-state index contributed by atoms with van der Waals surface area (Å²) in [6, 6.07) is 0. The predicted octanol–water partition coefficient (Wildman–Crippen LogP) is 0.956. The van der Waals surface area contributed by atoms with Gasteiger partial charge in [-0.3, -0.25) is 4.79 Å². The van der Waals surface area contributed by atoms with Gasteiger partial charge in [-0.05, 0) is 19.4 Å². The summed E-state index contributed by atoms with van der Waals surface area (Å²) >= 11 is 0. The fourth-order valence-corrected chi connectivity index (χ4v) is 2.08. The van der Waals surface area contributed by atoms with Crippen molar-refractivity contribution >= 4 is 5.97 Å². The number of carbonyl (C=O) groups excluding carboxylic acids is 1. The molecule has 0 aliphatic carbocycles. The van der Waals surface area contributed by atoms with Gasteiger partial charge in [-0.25, -0.2) is 0 Å². The minimum atomic E-state index is -0.275. The van der Waals surface area contributed by atoms with E-state index >= 15 is 0 Å². The Labute approximate surface area is 91.3 Å². The van der Waals surface area contributed by atoms with Crippen LogP contribution in [0.2, 0.25) is 0 Å². The molecule has 4 heteroatoms. The van der Waals surface area contributed by atoms with E-state index in [2.05, 4.69) is 12.2 Å². The van der Waals surface area contributed by atoms with Crippen LogP contribution >= 0.6 is 0 Å². The maximum absolute atomic E-state index is 11.9.